The highest BCUT2D eigenvalue weighted by molar-refractivity contribution is 7.86. The molecule has 0 spiro atoms. The van der Waals surface area contributed by atoms with E-state index in [9.17, 15) is 8.42 Å². The second-order valence-electron chi connectivity index (χ2n) is 5.37. The minimum Gasteiger partial charge on any atom is -0.379 e. The predicted molar refractivity (Wildman–Crippen MR) is 81.6 cm³/mol. The van der Waals surface area contributed by atoms with Crippen molar-refractivity contribution in [1.82, 2.24) is 18.6 Å². The van der Waals surface area contributed by atoms with Crippen LogP contribution in [0.25, 0.3) is 0 Å². The quantitative estimate of drug-likeness (QED) is 0.852. The highest BCUT2D eigenvalue weighted by Gasteiger charge is 2.40. The van der Waals surface area contributed by atoms with Crippen molar-refractivity contribution in [1.29, 1.82) is 0 Å². The third-order valence-electron chi connectivity index (χ3n) is 4.05. The van der Waals surface area contributed by atoms with Gasteiger partial charge in [-0.25, -0.2) is 4.98 Å². The molecule has 0 radical (unpaired) electrons. The van der Waals surface area contributed by atoms with Crippen LogP contribution in [0.4, 0.5) is 5.82 Å². The maximum atomic E-state index is 12.9. The van der Waals surface area contributed by atoms with Gasteiger partial charge in [-0.05, 0) is 12.8 Å². The minimum absolute atomic E-state index is 0.242. The molecular weight excluding hydrogens is 306 g/mol. The van der Waals surface area contributed by atoms with Crippen molar-refractivity contribution in [3.63, 3.8) is 0 Å². The van der Waals surface area contributed by atoms with Crippen molar-refractivity contribution in [2.75, 3.05) is 45.2 Å². The van der Waals surface area contributed by atoms with E-state index in [1.54, 1.807) is 23.7 Å². The average Bonchev–Trinajstić information content (AvgIpc) is 3.06. The Kier molecular flexibility index (Phi) is 4.57. The summed E-state index contributed by atoms with van der Waals surface area (Å²) in [5.74, 6) is 0.646. The molecule has 3 heterocycles. The van der Waals surface area contributed by atoms with Gasteiger partial charge in [0.15, 0.2) is 0 Å². The summed E-state index contributed by atoms with van der Waals surface area (Å²) in [6.45, 7) is 2.25. The van der Waals surface area contributed by atoms with Crippen LogP contribution in [0.5, 0.6) is 0 Å². The van der Waals surface area contributed by atoms with Crippen LogP contribution in [0.2, 0.25) is 0 Å². The van der Waals surface area contributed by atoms with E-state index in [2.05, 4.69) is 15.3 Å². The molecule has 8 nitrogen and oxygen atoms in total. The largest absolute Gasteiger partial charge is 0.379 e. The zero-order chi connectivity index (χ0) is 15.6. The molecule has 1 aromatic heterocycles. The number of aromatic nitrogens is 2. The molecule has 0 saturated carbocycles. The lowest BCUT2D eigenvalue weighted by Gasteiger charge is -2.32. The van der Waals surface area contributed by atoms with Crippen LogP contribution in [0, 0.1) is 0 Å². The van der Waals surface area contributed by atoms with Crippen molar-refractivity contribution in [2.45, 2.75) is 18.9 Å². The Morgan fingerprint density at radius 3 is 2.77 bits per heavy atom. The molecule has 9 heteroatoms. The Morgan fingerprint density at radius 1 is 1.27 bits per heavy atom. The van der Waals surface area contributed by atoms with Crippen LogP contribution in [0.1, 0.15) is 24.6 Å². The third kappa shape index (κ3) is 2.94. The lowest BCUT2D eigenvalue weighted by Crippen LogP contribution is -2.48. The standard InChI is InChI=1S/C13H21N5O3S/c1-14-13-10-15-9-11(16-13)12-3-2-4-18(12)22(19,20)17-5-7-21-8-6-17/h9-10,12H,2-8H2,1H3,(H,14,16)/t12-/m1/s1. The Morgan fingerprint density at radius 2 is 2.05 bits per heavy atom. The molecule has 0 aliphatic carbocycles. The Labute approximate surface area is 130 Å². The van der Waals surface area contributed by atoms with Gasteiger partial charge in [-0.2, -0.15) is 17.0 Å². The van der Waals surface area contributed by atoms with Gasteiger partial charge in [-0.15, -0.1) is 0 Å². The van der Waals surface area contributed by atoms with Crippen molar-refractivity contribution in [3.05, 3.63) is 18.1 Å². The van der Waals surface area contributed by atoms with Crippen LogP contribution >= 0.6 is 0 Å². The van der Waals surface area contributed by atoms with Gasteiger partial charge in [0.25, 0.3) is 10.2 Å². The normalized spacial score (nSPS) is 24.5. The second kappa shape index (κ2) is 6.45. The van der Waals surface area contributed by atoms with Gasteiger partial charge in [0.1, 0.15) is 5.82 Å². The van der Waals surface area contributed by atoms with E-state index in [-0.39, 0.29) is 6.04 Å². The molecule has 0 bridgehead atoms. The van der Waals surface area contributed by atoms with E-state index in [0.29, 0.717) is 44.4 Å². The summed E-state index contributed by atoms with van der Waals surface area (Å²) in [5, 5.41) is 2.94. The molecule has 1 aromatic rings. The molecule has 2 saturated heterocycles. The number of nitrogens with one attached hydrogen (secondary N) is 1. The molecule has 2 aliphatic heterocycles. The Bertz CT molecular complexity index is 618. The first-order valence-corrected chi connectivity index (χ1v) is 8.87. The van der Waals surface area contributed by atoms with Crippen LogP contribution in [-0.2, 0) is 14.9 Å². The number of nitrogens with zero attached hydrogens (tertiary/aromatic N) is 4. The SMILES string of the molecule is CNc1cncc([C@H]2CCCN2S(=O)(=O)N2CCOCC2)n1. The van der Waals surface area contributed by atoms with Crippen molar-refractivity contribution in [3.8, 4) is 0 Å². The number of rotatable bonds is 4. The summed E-state index contributed by atoms with van der Waals surface area (Å²) in [5.41, 5.74) is 0.696. The number of hydrogen-bond donors (Lipinski definition) is 1. The number of anilines is 1. The van der Waals surface area contributed by atoms with Gasteiger partial charge in [0, 0.05) is 26.7 Å². The summed E-state index contributed by atoms with van der Waals surface area (Å²) in [7, 11) is -1.71. The topological polar surface area (TPSA) is 87.7 Å². The van der Waals surface area contributed by atoms with E-state index in [0.717, 1.165) is 12.8 Å². The van der Waals surface area contributed by atoms with E-state index in [1.165, 1.54) is 4.31 Å². The zero-order valence-electron chi connectivity index (χ0n) is 12.6. The van der Waals surface area contributed by atoms with Gasteiger partial charge >= 0.3 is 0 Å². The summed E-state index contributed by atoms with van der Waals surface area (Å²) < 4.78 is 34.0. The monoisotopic (exact) mass is 327 g/mol. The lowest BCUT2D eigenvalue weighted by atomic mass is 10.2. The van der Waals surface area contributed by atoms with Crippen molar-refractivity contribution >= 4 is 16.0 Å². The first kappa shape index (κ1) is 15.6. The minimum atomic E-state index is -3.48. The second-order valence-corrected chi connectivity index (χ2v) is 7.25. The maximum Gasteiger partial charge on any atom is 0.282 e. The predicted octanol–water partition coefficient (Wildman–Crippen LogP) is 0.232. The van der Waals surface area contributed by atoms with Crippen molar-refractivity contribution in [2.24, 2.45) is 0 Å². The third-order valence-corrected chi connectivity index (χ3v) is 6.09. The first-order valence-electron chi connectivity index (χ1n) is 7.47. The summed E-state index contributed by atoms with van der Waals surface area (Å²) >= 11 is 0. The number of morpholine rings is 1. The van der Waals surface area contributed by atoms with E-state index < -0.39 is 10.2 Å². The average molecular weight is 327 g/mol. The maximum absolute atomic E-state index is 12.9. The molecule has 0 amide bonds. The molecule has 0 unspecified atom stereocenters. The highest BCUT2D eigenvalue weighted by atomic mass is 32.2. The van der Waals surface area contributed by atoms with Gasteiger partial charge in [0.2, 0.25) is 0 Å². The Balaban J connectivity index is 1.85. The van der Waals surface area contributed by atoms with Gasteiger partial charge < -0.3 is 10.1 Å². The molecule has 3 rings (SSSR count). The molecule has 0 aromatic carbocycles. The molecule has 1 atom stereocenters. The molecule has 2 fully saturated rings. The van der Waals surface area contributed by atoms with E-state index in [1.807, 2.05) is 0 Å². The molecule has 1 N–H and O–H groups in total. The smallest absolute Gasteiger partial charge is 0.282 e. The van der Waals surface area contributed by atoms with Crippen LogP contribution in [0.15, 0.2) is 12.4 Å². The van der Waals surface area contributed by atoms with Crippen LogP contribution in [-0.4, -0.2) is 66.9 Å². The van der Waals surface area contributed by atoms with Gasteiger partial charge in [0.05, 0.1) is 37.3 Å². The summed E-state index contributed by atoms with van der Waals surface area (Å²) in [6, 6.07) is -0.242. The van der Waals surface area contributed by atoms with Gasteiger partial charge in [-0.1, -0.05) is 0 Å². The zero-order valence-corrected chi connectivity index (χ0v) is 13.4. The Hall–Kier alpha value is -1.29. The molecular formula is C13H21N5O3S. The molecule has 2 aliphatic rings. The summed E-state index contributed by atoms with van der Waals surface area (Å²) in [6.07, 6.45) is 4.88. The fraction of sp³-hybridized carbons (Fsp3) is 0.692. The van der Waals surface area contributed by atoms with Crippen molar-refractivity contribution < 1.29 is 13.2 Å². The first-order chi connectivity index (χ1) is 10.6. The fourth-order valence-corrected chi connectivity index (χ4v) is 4.70. The fourth-order valence-electron chi connectivity index (χ4n) is 2.90. The molecule has 122 valence electrons. The van der Waals surface area contributed by atoms with E-state index >= 15 is 0 Å². The number of ether oxygens (including phenoxy) is 1. The van der Waals surface area contributed by atoms with Crippen LogP contribution in [0.3, 0.4) is 0 Å². The highest BCUT2D eigenvalue weighted by Crippen LogP contribution is 2.34. The summed E-state index contributed by atoms with van der Waals surface area (Å²) in [4.78, 5) is 8.61. The number of hydrogen-bond acceptors (Lipinski definition) is 6. The molecule has 22 heavy (non-hydrogen) atoms. The van der Waals surface area contributed by atoms with E-state index in [4.69, 9.17) is 4.74 Å². The van der Waals surface area contributed by atoms with Gasteiger partial charge in [-0.3, -0.25) is 4.98 Å². The van der Waals surface area contributed by atoms with Crippen LogP contribution < -0.4 is 5.32 Å². The lowest BCUT2D eigenvalue weighted by molar-refractivity contribution is 0.0698.